The lowest BCUT2D eigenvalue weighted by molar-refractivity contribution is 0.185. The van der Waals surface area contributed by atoms with E-state index in [4.69, 9.17) is 10.6 Å². The molecule has 60 valence electrons. The van der Waals surface area contributed by atoms with Crippen molar-refractivity contribution >= 4 is 5.69 Å². The van der Waals surface area contributed by atoms with Gasteiger partial charge in [0.05, 0.1) is 12.3 Å². The average Bonchev–Trinajstić information content (AvgIpc) is 2.06. The number of para-hydroxylation sites is 1. The number of benzene rings is 1. The van der Waals surface area contributed by atoms with Crippen molar-refractivity contribution in [3.63, 3.8) is 0 Å². The first-order valence-electron chi connectivity index (χ1n) is 3.42. The molecule has 0 fully saturated rings. The number of hydrogen-bond acceptors (Lipinski definition) is 3. The van der Waals surface area contributed by atoms with Crippen LogP contribution in [0.5, 0.6) is 0 Å². The fourth-order valence-electron chi connectivity index (χ4n) is 0.942. The molecule has 3 heteroatoms. The number of anilines is 1. The van der Waals surface area contributed by atoms with Crippen LogP contribution >= 0.6 is 0 Å². The summed E-state index contributed by atoms with van der Waals surface area (Å²) in [4.78, 5) is 0. The van der Waals surface area contributed by atoms with Gasteiger partial charge in [-0.3, -0.25) is 5.84 Å². The highest BCUT2D eigenvalue weighted by molar-refractivity contribution is 5.49. The molecular weight excluding hydrogens is 140 g/mol. The van der Waals surface area contributed by atoms with E-state index in [-0.39, 0.29) is 0 Å². The maximum atomic E-state index is 5.28. The third-order valence-corrected chi connectivity index (χ3v) is 1.47. The van der Waals surface area contributed by atoms with E-state index in [0.29, 0.717) is 6.61 Å². The molecule has 3 N–H and O–H groups in total. The molecule has 0 bridgehead atoms. The Morgan fingerprint density at radius 3 is 2.82 bits per heavy atom. The molecule has 0 aliphatic carbocycles. The molecule has 0 aliphatic rings. The Labute approximate surface area is 66.1 Å². The molecule has 1 aromatic carbocycles. The Hall–Kier alpha value is -1.06. The summed E-state index contributed by atoms with van der Waals surface area (Å²) < 4.78 is 4.97. The number of nitrogen functional groups attached to an aromatic ring is 1. The van der Waals surface area contributed by atoms with Gasteiger partial charge in [0.25, 0.3) is 0 Å². The number of nitrogens with two attached hydrogens (primary N) is 1. The summed E-state index contributed by atoms with van der Waals surface area (Å²) in [5, 5.41) is 0. The van der Waals surface area contributed by atoms with Gasteiger partial charge in [0, 0.05) is 12.7 Å². The molecule has 0 radical (unpaired) electrons. The SMILES string of the molecule is COCc1ccccc1NN. The Balaban J connectivity index is 2.83. The monoisotopic (exact) mass is 152 g/mol. The fourth-order valence-corrected chi connectivity index (χ4v) is 0.942. The Morgan fingerprint density at radius 1 is 1.45 bits per heavy atom. The predicted molar refractivity (Wildman–Crippen MR) is 45.0 cm³/mol. The largest absolute Gasteiger partial charge is 0.380 e. The first-order valence-corrected chi connectivity index (χ1v) is 3.42. The second-order valence-corrected chi connectivity index (χ2v) is 2.23. The van der Waals surface area contributed by atoms with E-state index in [1.807, 2.05) is 24.3 Å². The quantitative estimate of drug-likeness (QED) is 0.504. The standard InChI is InChI=1S/C8H12N2O/c1-11-6-7-4-2-3-5-8(7)10-9/h2-5,10H,6,9H2,1H3. The molecule has 0 amide bonds. The summed E-state index contributed by atoms with van der Waals surface area (Å²) in [5.41, 5.74) is 4.58. The minimum Gasteiger partial charge on any atom is -0.380 e. The third-order valence-electron chi connectivity index (χ3n) is 1.47. The number of nitrogens with one attached hydrogen (secondary N) is 1. The van der Waals surface area contributed by atoms with Crippen molar-refractivity contribution in [2.24, 2.45) is 5.84 Å². The van der Waals surface area contributed by atoms with Gasteiger partial charge in [0.15, 0.2) is 0 Å². The Kier molecular flexibility index (Phi) is 2.89. The molecule has 3 nitrogen and oxygen atoms in total. The molecule has 0 atom stereocenters. The zero-order chi connectivity index (χ0) is 8.10. The van der Waals surface area contributed by atoms with Gasteiger partial charge in [-0.25, -0.2) is 0 Å². The first-order chi connectivity index (χ1) is 5.38. The summed E-state index contributed by atoms with van der Waals surface area (Å²) >= 11 is 0. The van der Waals surface area contributed by atoms with Crippen LogP contribution in [0.15, 0.2) is 24.3 Å². The van der Waals surface area contributed by atoms with E-state index in [9.17, 15) is 0 Å². The third kappa shape index (κ3) is 1.93. The molecule has 0 saturated carbocycles. The summed E-state index contributed by atoms with van der Waals surface area (Å²) in [6, 6.07) is 7.76. The van der Waals surface area contributed by atoms with Gasteiger partial charge in [0.2, 0.25) is 0 Å². The van der Waals surface area contributed by atoms with Crippen LogP contribution in [0.25, 0.3) is 0 Å². The Bertz CT molecular complexity index is 225. The average molecular weight is 152 g/mol. The molecule has 0 aromatic heterocycles. The lowest BCUT2D eigenvalue weighted by Crippen LogP contribution is -2.09. The van der Waals surface area contributed by atoms with E-state index in [1.165, 1.54) is 0 Å². The van der Waals surface area contributed by atoms with Crippen molar-refractivity contribution in [1.29, 1.82) is 0 Å². The molecule has 0 heterocycles. The zero-order valence-electron chi connectivity index (χ0n) is 6.50. The van der Waals surface area contributed by atoms with Gasteiger partial charge >= 0.3 is 0 Å². The lowest BCUT2D eigenvalue weighted by atomic mass is 10.2. The zero-order valence-corrected chi connectivity index (χ0v) is 6.50. The van der Waals surface area contributed by atoms with Gasteiger partial charge in [-0.1, -0.05) is 18.2 Å². The van der Waals surface area contributed by atoms with E-state index in [1.54, 1.807) is 7.11 Å². The summed E-state index contributed by atoms with van der Waals surface area (Å²) in [7, 11) is 1.66. The topological polar surface area (TPSA) is 47.3 Å². The second kappa shape index (κ2) is 3.95. The van der Waals surface area contributed by atoms with Crippen LogP contribution in [0.1, 0.15) is 5.56 Å². The minimum absolute atomic E-state index is 0.584. The number of rotatable bonds is 3. The molecule has 1 rings (SSSR count). The first kappa shape index (κ1) is 8.04. The van der Waals surface area contributed by atoms with E-state index in [2.05, 4.69) is 5.43 Å². The number of ether oxygens (including phenoxy) is 1. The van der Waals surface area contributed by atoms with Crippen LogP contribution in [-0.4, -0.2) is 7.11 Å². The maximum absolute atomic E-state index is 5.28. The van der Waals surface area contributed by atoms with Gasteiger partial charge in [-0.05, 0) is 6.07 Å². The van der Waals surface area contributed by atoms with Crippen molar-refractivity contribution in [1.82, 2.24) is 0 Å². The van der Waals surface area contributed by atoms with E-state index in [0.717, 1.165) is 11.3 Å². The minimum atomic E-state index is 0.584. The van der Waals surface area contributed by atoms with Crippen LogP contribution in [0.3, 0.4) is 0 Å². The molecule has 1 aromatic rings. The number of methoxy groups -OCH3 is 1. The summed E-state index contributed by atoms with van der Waals surface area (Å²) in [5.74, 6) is 5.28. The van der Waals surface area contributed by atoms with E-state index < -0.39 is 0 Å². The molecule has 0 unspecified atom stereocenters. The number of hydrogen-bond donors (Lipinski definition) is 2. The van der Waals surface area contributed by atoms with E-state index >= 15 is 0 Å². The fraction of sp³-hybridized carbons (Fsp3) is 0.250. The van der Waals surface area contributed by atoms with Crippen LogP contribution in [-0.2, 0) is 11.3 Å². The van der Waals surface area contributed by atoms with Crippen LogP contribution in [0.2, 0.25) is 0 Å². The highest BCUT2D eigenvalue weighted by Gasteiger charge is 1.96. The second-order valence-electron chi connectivity index (χ2n) is 2.23. The van der Waals surface area contributed by atoms with Crippen molar-refractivity contribution in [3.8, 4) is 0 Å². The number of hydrazine groups is 1. The van der Waals surface area contributed by atoms with Crippen molar-refractivity contribution in [2.75, 3.05) is 12.5 Å². The lowest BCUT2D eigenvalue weighted by Gasteiger charge is -2.06. The highest BCUT2D eigenvalue weighted by atomic mass is 16.5. The molecule has 11 heavy (non-hydrogen) atoms. The Morgan fingerprint density at radius 2 is 2.18 bits per heavy atom. The normalized spacial score (nSPS) is 9.64. The summed E-state index contributed by atoms with van der Waals surface area (Å²) in [6.45, 7) is 0.584. The van der Waals surface area contributed by atoms with Gasteiger partial charge < -0.3 is 10.2 Å². The van der Waals surface area contributed by atoms with Gasteiger partial charge in [-0.15, -0.1) is 0 Å². The summed E-state index contributed by atoms with van der Waals surface area (Å²) in [6.07, 6.45) is 0. The molecule has 0 aliphatic heterocycles. The van der Waals surface area contributed by atoms with Crippen molar-refractivity contribution < 1.29 is 4.74 Å². The van der Waals surface area contributed by atoms with Crippen LogP contribution in [0, 0.1) is 0 Å². The highest BCUT2D eigenvalue weighted by Crippen LogP contribution is 2.13. The molecule has 0 saturated heterocycles. The smallest absolute Gasteiger partial charge is 0.0733 e. The van der Waals surface area contributed by atoms with Crippen LogP contribution in [0.4, 0.5) is 5.69 Å². The van der Waals surface area contributed by atoms with Crippen LogP contribution < -0.4 is 11.3 Å². The predicted octanol–water partition coefficient (Wildman–Crippen LogP) is 1.12. The molecular formula is C8H12N2O. The molecule has 0 spiro atoms. The van der Waals surface area contributed by atoms with Gasteiger partial charge in [0.1, 0.15) is 0 Å². The maximum Gasteiger partial charge on any atom is 0.0733 e. The van der Waals surface area contributed by atoms with Crippen molar-refractivity contribution in [2.45, 2.75) is 6.61 Å². The van der Waals surface area contributed by atoms with Gasteiger partial charge in [-0.2, -0.15) is 0 Å². The van der Waals surface area contributed by atoms with Crippen molar-refractivity contribution in [3.05, 3.63) is 29.8 Å².